The number of piperidine rings is 1. The summed E-state index contributed by atoms with van der Waals surface area (Å²) in [7, 11) is 0. The Hall–Kier alpha value is -0.810. The molecule has 0 saturated carbocycles. The normalized spacial score (nSPS) is 24.3. The van der Waals surface area contributed by atoms with Crippen molar-refractivity contribution in [3.63, 3.8) is 0 Å². The summed E-state index contributed by atoms with van der Waals surface area (Å²) in [5.41, 5.74) is 2.29. The molecule has 3 rings (SSSR count). The van der Waals surface area contributed by atoms with Crippen LogP contribution in [0.3, 0.4) is 0 Å². The molecule has 18 heavy (non-hydrogen) atoms. The Kier molecular flexibility index (Phi) is 4.45. The van der Waals surface area contributed by atoms with E-state index in [-0.39, 0.29) is 12.4 Å². The van der Waals surface area contributed by atoms with E-state index in [0.29, 0.717) is 12.6 Å². The minimum atomic E-state index is -0.798. The van der Waals surface area contributed by atoms with Crippen molar-refractivity contribution < 1.29 is 9.84 Å². The number of fused-ring (bicyclic) bond motifs is 1. The third-order valence-electron chi connectivity index (χ3n) is 3.60. The van der Waals surface area contributed by atoms with Crippen molar-refractivity contribution in [2.45, 2.75) is 31.9 Å². The predicted molar refractivity (Wildman–Crippen MR) is 72.9 cm³/mol. The van der Waals surface area contributed by atoms with Crippen LogP contribution in [0.2, 0.25) is 0 Å². The molecule has 5 heteroatoms. The van der Waals surface area contributed by atoms with Gasteiger partial charge in [-0.1, -0.05) is 18.2 Å². The molecule has 2 N–H and O–H groups in total. The Morgan fingerprint density at radius 1 is 1.22 bits per heavy atom. The summed E-state index contributed by atoms with van der Waals surface area (Å²) in [5, 5.41) is 13.4. The topological polar surface area (TPSA) is 44.7 Å². The summed E-state index contributed by atoms with van der Waals surface area (Å²) < 4.78 is 5.43. The molecule has 1 atom stereocenters. The average molecular weight is 271 g/mol. The first-order chi connectivity index (χ1) is 8.36. The van der Waals surface area contributed by atoms with Crippen molar-refractivity contribution in [1.29, 1.82) is 0 Å². The fourth-order valence-corrected chi connectivity index (χ4v) is 2.71. The lowest BCUT2D eigenvalue weighted by molar-refractivity contribution is -0.120. The number of aliphatic hydroxyl groups excluding tert-OH is 1. The van der Waals surface area contributed by atoms with Crippen molar-refractivity contribution in [3.05, 3.63) is 29.8 Å². The molecule has 2 aliphatic heterocycles. The van der Waals surface area contributed by atoms with Gasteiger partial charge in [-0.05, 0) is 32.0 Å². The van der Waals surface area contributed by atoms with Crippen LogP contribution in [-0.4, -0.2) is 30.7 Å². The number of aliphatic hydroxyl groups is 1. The SMILES string of the molecule is Cl.OC1OCc2ccccc2N1C1CCNCC1. The second-order valence-corrected chi connectivity index (χ2v) is 4.65. The first kappa shape index (κ1) is 13.6. The molecular weight excluding hydrogens is 252 g/mol. The molecule has 0 spiro atoms. The van der Waals surface area contributed by atoms with Crippen molar-refractivity contribution in [1.82, 2.24) is 5.32 Å². The molecule has 2 aliphatic rings. The van der Waals surface area contributed by atoms with E-state index in [0.717, 1.165) is 37.2 Å². The van der Waals surface area contributed by atoms with Gasteiger partial charge in [0, 0.05) is 17.3 Å². The smallest absolute Gasteiger partial charge is 0.238 e. The number of ether oxygens (including phenoxy) is 1. The van der Waals surface area contributed by atoms with Gasteiger partial charge in [0.2, 0.25) is 6.41 Å². The quantitative estimate of drug-likeness (QED) is 0.811. The van der Waals surface area contributed by atoms with E-state index < -0.39 is 6.41 Å². The molecule has 0 aromatic heterocycles. The maximum absolute atomic E-state index is 10.1. The lowest BCUT2D eigenvalue weighted by Crippen LogP contribution is -2.51. The molecule has 4 nitrogen and oxygen atoms in total. The van der Waals surface area contributed by atoms with Crippen molar-refractivity contribution >= 4 is 18.1 Å². The minimum Gasteiger partial charge on any atom is -0.351 e. The summed E-state index contributed by atoms with van der Waals surface area (Å²) in [5.74, 6) is 0. The van der Waals surface area contributed by atoms with Crippen LogP contribution in [-0.2, 0) is 11.3 Å². The molecule has 100 valence electrons. The molecule has 0 radical (unpaired) electrons. The molecule has 1 saturated heterocycles. The summed E-state index contributed by atoms with van der Waals surface area (Å²) >= 11 is 0. The molecule has 1 unspecified atom stereocenters. The van der Waals surface area contributed by atoms with Gasteiger partial charge in [-0.2, -0.15) is 0 Å². The van der Waals surface area contributed by atoms with Crippen LogP contribution in [0.25, 0.3) is 0 Å². The molecule has 0 aliphatic carbocycles. The van der Waals surface area contributed by atoms with Gasteiger partial charge < -0.3 is 20.1 Å². The van der Waals surface area contributed by atoms with Gasteiger partial charge in [0.25, 0.3) is 0 Å². The van der Waals surface area contributed by atoms with Gasteiger partial charge >= 0.3 is 0 Å². The number of rotatable bonds is 1. The Morgan fingerprint density at radius 3 is 2.72 bits per heavy atom. The zero-order chi connectivity index (χ0) is 11.7. The van der Waals surface area contributed by atoms with Crippen LogP contribution in [0.5, 0.6) is 0 Å². The van der Waals surface area contributed by atoms with Crippen LogP contribution in [0, 0.1) is 0 Å². The molecule has 0 amide bonds. The third kappa shape index (κ3) is 2.47. The number of halogens is 1. The number of para-hydroxylation sites is 1. The van der Waals surface area contributed by atoms with Crippen LogP contribution >= 0.6 is 12.4 Å². The highest BCUT2D eigenvalue weighted by Gasteiger charge is 2.31. The third-order valence-corrected chi connectivity index (χ3v) is 3.60. The fraction of sp³-hybridized carbons (Fsp3) is 0.538. The molecule has 1 fully saturated rings. The van der Waals surface area contributed by atoms with Crippen LogP contribution in [0.1, 0.15) is 18.4 Å². The Bertz CT molecular complexity index is 396. The second-order valence-electron chi connectivity index (χ2n) is 4.65. The van der Waals surface area contributed by atoms with Crippen molar-refractivity contribution in [3.8, 4) is 0 Å². The largest absolute Gasteiger partial charge is 0.351 e. The monoisotopic (exact) mass is 270 g/mol. The van der Waals surface area contributed by atoms with E-state index >= 15 is 0 Å². The van der Waals surface area contributed by atoms with E-state index in [4.69, 9.17) is 4.74 Å². The maximum Gasteiger partial charge on any atom is 0.238 e. The molecule has 0 bridgehead atoms. The van der Waals surface area contributed by atoms with Gasteiger partial charge in [0.15, 0.2) is 0 Å². The molecule has 2 heterocycles. The Labute approximate surface area is 113 Å². The van der Waals surface area contributed by atoms with Gasteiger partial charge in [-0.25, -0.2) is 0 Å². The zero-order valence-corrected chi connectivity index (χ0v) is 11.0. The summed E-state index contributed by atoms with van der Waals surface area (Å²) in [6, 6.07) is 8.54. The first-order valence-corrected chi connectivity index (χ1v) is 6.23. The highest BCUT2D eigenvalue weighted by Crippen LogP contribution is 2.32. The van der Waals surface area contributed by atoms with Crippen LogP contribution in [0.4, 0.5) is 5.69 Å². The lowest BCUT2D eigenvalue weighted by atomic mass is 10.0. The van der Waals surface area contributed by atoms with Crippen LogP contribution < -0.4 is 10.2 Å². The molecule has 1 aromatic carbocycles. The van der Waals surface area contributed by atoms with Crippen molar-refractivity contribution in [2.75, 3.05) is 18.0 Å². The van der Waals surface area contributed by atoms with E-state index in [1.807, 2.05) is 17.0 Å². The van der Waals surface area contributed by atoms with E-state index in [9.17, 15) is 5.11 Å². The maximum atomic E-state index is 10.1. The highest BCUT2D eigenvalue weighted by atomic mass is 35.5. The molecule has 1 aromatic rings. The molecular formula is C13H19ClN2O2. The predicted octanol–water partition coefficient (Wildman–Crippen LogP) is 1.47. The number of nitrogens with zero attached hydrogens (tertiary/aromatic N) is 1. The van der Waals surface area contributed by atoms with Gasteiger partial charge in [0.05, 0.1) is 6.61 Å². The zero-order valence-electron chi connectivity index (χ0n) is 10.2. The van der Waals surface area contributed by atoms with E-state index in [2.05, 4.69) is 17.4 Å². The highest BCUT2D eigenvalue weighted by molar-refractivity contribution is 5.85. The average Bonchev–Trinajstić information content (AvgIpc) is 2.39. The number of benzene rings is 1. The Balaban J connectivity index is 0.00000120. The number of hydrogen-bond donors (Lipinski definition) is 2. The van der Waals surface area contributed by atoms with E-state index in [1.54, 1.807) is 0 Å². The van der Waals surface area contributed by atoms with Gasteiger partial charge in [0.1, 0.15) is 0 Å². The van der Waals surface area contributed by atoms with Crippen molar-refractivity contribution in [2.24, 2.45) is 0 Å². The number of hydrogen-bond acceptors (Lipinski definition) is 4. The Morgan fingerprint density at radius 2 is 1.94 bits per heavy atom. The van der Waals surface area contributed by atoms with Gasteiger partial charge in [-0.3, -0.25) is 0 Å². The number of anilines is 1. The van der Waals surface area contributed by atoms with Crippen LogP contribution in [0.15, 0.2) is 24.3 Å². The second kappa shape index (κ2) is 5.89. The minimum absolute atomic E-state index is 0. The summed E-state index contributed by atoms with van der Waals surface area (Å²) in [6.07, 6.45) is 1.30. The summed E-state index contributed by atoms with van der Waals surface area (Å²) in [6.45, 7) is 2.52. The van der Waals surface area contributed by atoms with E-state index in [1.165, 1.54) is 0 Å². The standard InChI is InChI=1S/C13H18N2O2.ClH/c16-13-15(11-5-7-14-8-6-11)12-4-2-1-3-10(12)9-17-13;/h1-4,11,13-14,16H,5-9H2;1H. The first-order valence-electron chi connectivity index (χ1n) is 6.23. The lowest BCUT2D eigenvalue weighted by Gasteiger charge is -2.42. The fourth-order valence-electron chi connectivity index (χ4n) is 2.71. The van der Waals surface area contributed by atoms with Gasteiger partial charge in [-0.15, -0.1) is 12.4 Å². The number of nitrogens with one attached hydrogen (secondary N) is 1. The summed E-state index contributed by atoms with van der Waals surface area (Å²) in [4.78, 5) is 2.03.